The summed E-state index contributed by atoms with van der Waals surface area (Å²) >= 11 is 0. The molecule has 0 fully saturated rings. The third-order valence-electron chi connectivity index (χ3n) is 5.27. The molecule has 0 saturated heterocycles. The molecule has 0 saturated carbocycles. The number of hydrogen-bond acceptors (Lipinski definition) is 4. The molecule has 0 bridgehead atoms. The topological polar surface area (TPSA) is 58.6 Å². The van der Waals surface area contributed by atoms with Gasteiger partial charge in [-0.1, -0.05) is 42.0 Å². The monoisotopic (exact) mass is 448 g/mol. The van der Waals surface area contributed by atoms with E-state index >= 15 is 0 Å². The minimum absolute atomic E-state index is 0.00211. The van der Waals surface area contributed by atoms with Gasteiger partial charge in [0, 0.05) is 11.8 Å². The number of halogens is 2. The molecule has 0 aliphatic carbocycles. The van der Waals surface area contributed by atoms with Gasteiger partial charge in [-0.3, -0.25) is 14.5 Å². The van der Waals surface area contributed by atoms with Gasteiger partial charge in [0.25, 0.3) is 11.8 Å². The molecule has 0 atom stereocenters. The first kappa shape index (κ1) is 22.2. The molecule has 0 radical (unpaired) electrons. The van der Waals surface area contributed by atoms with Crippen molar-refractivity contribution in [1.82, 2.24) is 4.90 Å². The summed E-state index contributed by atoms with van der Waals surface area (Å²) in [5.41, 5.74) is 2.68. The fraction of sp³-hybridized carbons (Fsp3) is 0.154. The fourth-order valence-corrected chi connectivity index (χ4v) is 3.58. The molecule has 4 rings (SSSR count). The van der Waals surface area contributed by atoms with Gasteiger partial charge in [-0.05, 0) is 49.2 Å². The van der Waals surface area contributed by atoms with Crippen molar-refractivity contribution in [2.45, 2.75) is 20.4 Å². The molecule has 1 aliphatic heterocycles. The van der Waals surface area contributed by atoms with Crippen LogP contribution in [0.2, 0.25) is 0 Å². The average molecular weight is 448 g/mol. The Hall–Kier alpha value is -4.00. The highest BCUT2D eigenvalue weighted by molar-refractivity contribution is 6.36. The van der Waals surface area contributed by atoms with Crippen molar-refractivity contribution >= 4 is 23.1 Å². The number of carbonyl (C=O) groups is 2. The second-order valence-electron chi connectivity index (χ2n) is 7.64. The number of imide groups is 1. The summed E-state index contributed by atoms with van der Waals surface area (Å²) in [7, 11) is 0. The number of nitrogens with zero attached hydrogens (tertiary/aromatic N) is 1. The Labute approximate surface area is 190 Å². The van der Waals surface area contributed by atoms with Crippen LogP contribution < -0.4 is 10.1 Å². The SMILES string of the molecule is CCOc1ccc(C2=C(Nc3ccc(F)c(F)c3)C(=O)N(Cc3ccc(C)cc3)C2=O)cc1. The highest BCUT2D eigenvalue weighted by Crippen LogP contribution is 2.32. The Kier molecular flexibility index (Phi) is 6.22. The third kappa shape index (κ3) is 4.62. The molecule has 0 aromatic heterocycles. The van der Waals surface area contributed by atoms with E-state index in [1.165, 1.54) is 6.07 Å². The summed E-state index contributed by atoms with van der Waals surface area (Å²) in [6.45, 7) is 4.39. The van der Waals surface area contributed by atoms with E-state index in [2.05, 4.69) is 5.32 Å². The van der Waals surface area contributed by atoms with E-state index in [1.54, 1.807) is 24.3 Å². The van der Waals surface area contributed by atoms with Crippen LogP contribution in [-0.4, -0.2) is 23.3 Å². The first-order valence-electron chi connectivity index (χ1n) is 10.5. The molecular formula is C26H22F2N2O3. The molecule has 2 amide bonds. The van der Waals surface area contributed by atoms with Crippen LogP contribution in [0.1, 0.15) is 23.6 Å². The number of nitrogens with one attached hydrogen (secondary N) is 1. The van der Waals surface area contributed by atoms with Gasteiger partial charge in [-0.15, -0.1) is 0 Å². The molecule has 7 heteroatoms. The molecule has 33 heavy (non-hydrogen) atoms. The maximum Gasteiger partial charge on any atom is 0.278 e. The van der Waals surface area contributed by atoms with Crippen LogP contribution in [0, 0.1) is 18.6 Å². The second kappa shape index (κ2) is 9.24. The van der Waals surface area contributed by atoms with E-state index in [0.29, 0.717) is 17.9 Å². The normalized spacial score (nSPS) is 13.6. The van der Waals surface area contributed by atoms with Crippen LogP contribution in [0.15, 0.2) is 72.4 Å². The van der Waals surface area contributed by atoms with Crippen LogP contribution in [0.3, 0.4) is 0 Å². The first-order chi connectivity index (χ1) is 15.9. The largest absolute Gasteiger partial charge is 0.494 e. The average Bonchev–Trinajstić information content (AvgIpc) is 3.03. The summed E-state index contributed by atoms with van der Waals surface area (Å²) in [6, 6.07) is 17.5. The molecule has 1 heterocycles. The highest BCUT2D eigenvalue weighted by atomic mass is 19.2. The lowest BCUT2D eigenvalue weighted by molar-refractivity contribution is -0.137. The molecular weight excluding hydrogens is 426 g/mol. The van der Waals surface area contributed by atoms with E-state index in [0.717, 1.165) is 28.2 Å². The van der Waals surface area contributed by atoms with Gasteiger partial charge in [0.1, 0.15) is 11.4 Å². The number of amides is 2. The van der Waals surface area contributed by atoms with Crippen molar-refractivity contribution in [2.75, 3.05) is 11.9 Å². The number of anilines is 1. The molecule has 3 aromatic rings. The number of rotatable bonds is 7. The molecule has 0 unspecified atom stereocenters. The minimum atomic E-state index is -1.06. The molecule has 3 aromatic carbocycles. The number of ether oxygens (including phenoxy) is 1. The van der Waals surface area contributed by atoms with E-state index in [9.17, 15) is 18.4 Å². The van der Waals surface area contributed by atoms with Crippen LogP contribution in [0.4, 0.5) is 14.5 Å². The number of aryl methyl sites for hydroxylation is 1. The van der Waals surface area contributed by atoms with Crippen LogP contribution in [0.5, 0.6) is 5.75 Å². The van der Waals surface area contributed by atoms with Crippen molar-refractivity contribution < 1.29 is 23.1 Å². The Morgan fingerprint density at radius 2 is 1.58 bits per heavy atom. The Bertz CT molecular complexity index is 1240. The van der Waals surface area contributed by atoms with Crippen molar-refractivity contribution in [3.63, 3.8) is 0 Å². The summed E-state index contributed by atoms with van der Waals surface area (Å²) in [5, 5.41) is 2.83. The molecule has 5 nitrogen and oxygen atoms in total. The van der Waals surface area contributed by atoms with Crippen molar-refractivity contribution in [3.05, 3.63) is 101 Å². The summed E-state index contributed by atoms with van der Waals surface area (Å²) in [5.74, 6) is -2.46. The third-order valence-corrected chi connectivity index (χ3v) is 5.27. The van der Waals surface area contributed by atoms with Gasteiger partial charge >= 0.3 is 0 Å². The zero-order valence-corrected chi connectivity index (χ0v) is 18.2. The zero-order valence-electron chi connectivity index (χ0n) is 18.2. The Morgan fingerprint density at radius 3 is 2.21 bits per heavy atom. The van der Waals surface area contributed by atoms with Gasteiger partial charge in [0.2, 0.25) is 0 Å². The van der Waals surface area contributed by atoms with Crippen molar-refractivity contribution in [1.29, 1.82) is 0 Å². The standard InChI is InChI=1S/C26H22F2N2O3/c1-3-33-20-11-8-18(9-12-20)23-24(29-19-10-13-21(27)22(28)14-19)26(32)30(25(23)31)15-17-6-4-16(2)5-7-17/h4-14,29H,3,15H2,1-2H3. The van der Waals surface area contributed by atoms with Gasteiger partial charge < -0.3 is 10.1 Å². The number of hydrogen-bond donors (Lipinski definition) is 1. The van der Waals surface area contributed by atoms with Crippen LogP contribution >= 0.6 is 0 Å². The lowest BCUT2D eigenvalue weighted by Crippen LogP contribution is -2.32. The smallest absolute Gasteiger partial charge is 0.278 e. The number of benzene rings is 3. The van der Waals surface area contributed by atoms with Gasteiger partial charge in [0.15, 0.2) is 11.6 Å². The predicted octanol–water partition coefficient (Wildman–Crippen LogP) is 5.06. The lowest BCUT2D eigenvalue weighted by atomic mass is 10.0. The predicted molar refractivity (Wildman–Crippen MR) is 121 cm³/mol. The van der Waals surface area contributed by atoms with Crippen LogP contribution in [0.25, 0.3) is 5.57 Å². The fourth-order valence-electron chi connectivity index (χ4n) is 3.58. The van der Waals surface area contributed by atoms with Gasteiger partial charge in [-0.25, -0.2) is 8.78 Å². The van der Waals surface area contributed by atoms with Crippen LogP contribution in [-0.2, 0) is 16.1 Å². The van der Waals surface area contributed by atoms with E-state index in [-0.39, 0.29) is 23.5 Å². The second-order valence-corrected chi connectivity index (χ2v) is 7.64. The van der Waals surface area contributed by atoms with Gasteiger partial charge in [0.05, 0.1) is 18.7 Å². The summed E-state index contributed by atoms with van der Waals surface area (Å²) < 4.78 is 32.6. The van der Waals surface area contributed by atoms with E-state index < -0.39 is 23.4 Å². The lowest BCUT2D eigenvalue weighted by Gasteiger charge is -2.15. The summed E-state index contributed by atoms with van der Waals surface area (Å²) in [6.07, 6.45) is 0. The molecule has 1 N–H and O–H groups in total. The van der Waals surface area contributed by atoms with E-state index in [4.69, 9.17) is 4.74 Å². The maximum absolute atomic E-state index is 13.8. The van der Waals surface area contributed by atoms with Gasteiger partial charge in [-0.2, -0.15) is 0 Å². The Balaban J connectivity index is 1.72. The van der Waals surface area contributed by atoms with Crippen molar-refractivity contribution in [2.24, 2.45) is 0 Å². The summed E-state index contributed by atoms with van der Waals surface area (Å²) in [4.78, 5) is 27.8. The Morgan fingerprint density at radius 1 is 0.879 bits per heavy atom. The van der Waals surface area contributed by atoms with Crippen molar-refractivity contribution in [3.8, 4) is 5.75 Å². The molecule has 0 spiro atoms. The molecule has 1 aliphatic rings. The minimum Gasteiger partial charge on any atom is -0.494 e. The molecule has 168 valence electrons. The quantitative estimate of drug-likeness (QED) is 0.513. The first-order valence-corrected chi connectivity index (χ1v) is 10.5. The zero-order chi connectivity index (χ0) is 23.5. The maximum atomic E-state index is 13.8. The van der Waals surface area contributed by atoms with E-state index in [1.807, 2.05) is 38.1 Å². The highest BCUT2D eigenvalue weighted by Gasteiger charge is 2.39. The number of carbonyl (C=O) groups excluding carboxylic acids is 2.